The Bertz CT molecular complexity index is 944. The fourth-order valence-electron chi connectivity index (χ4n) is 2.78. The zero-order valence-corrected chi connectivity index (χ0v) is 17.8. The van der Waals surface area contributed by atoms with Gasteiger partial charge in [0.1, 0.15) is 0 Å². The first-order chi connectivity index (χ1) is 12.9. The number of benzene rings is 2. The quantitative estimate of drug-likeness (QED) is 0.573. The zero-order chi connectivity index (χ0) is 19.4. The lowest BCUT2D eigenvalue weighted by molar-refractivity contribution is 0.245. The summed E-state index contributed by atoms with van der Waals surface area (Å²) in [5.41, 5.74) is 4.71. The van der Waals surface area contributed by atoms with Crippen LogP contribution in [0, 0.1) is 10.9 Å². The molecule has 0 fully saturated rings. The van der Waals surface area contributed by atoms with Crippen LogP contribution in [0.5, 0.6) is 0 Å². The molecule has 0 aliphatic heterocycles. The van der Waals surface area contributed by atoms with Crippen LogP contribution in [-0.4, -0.2) is 35.8 Å². The van der Waals surface area contributed by atoms with Crippen LogP contribution in [0.4, 0.5) is 16.5 Å². The van der Waals surface area contributed by atoms with Gasteiger partial charge in [-0.2, -0.15) is 0 Å². The lowest BCUT2D eigenvalue weighted by atomic mass is 10.2. The summed E-state index contributed by atoms with van der Waals surface area (Å²) in [5, 5.41) is 8.78. The molecule has 0 unspecified atom stereocenters. The summed E-state index contributed by atoms with van der Waals surface area (Å²) in [6.07, 6.45) is 0. The second-order valence-corrected chi connectivity index (χ2v) is 8.51. The van der Waals surface area contributed by atoms with Gasteiger partial charge in [0.25, 0.3) is 0 Å². The van der Waals surface area contributed by atoms with E-state index in [1.165, 1.54) is 28.2 Å². The monoisotopic (exact) mass is 399 g/mol. The summed E-state index contributed by atoms with van der Waals surface area (Å²) in [4.78, 5) is 4.31. The van der Waals surface area contributed by atoms with Gasteiger partial charge in [0, 0.05) is 32.0 Å². The van der Waals surface area contributed by atoms with E-state index in [1.54, 1.807) is 0 Å². The Morgan fingerprint density at radius 2 is 1.85 bits per heavy atom. The first-order valence-electron chi connectivity index (χ1n) is 8.77. The van der Waals surface area contributed by atoms with Crippen LogP contribution in [0.2, 0.25) is 0 Å². The molecule has 5 nitrogen and oxygen atoms in total. The topological polar surface area (TPSA) is 36.3 Å². The molecule has 2 aromatic carbocycles. The van der Waals surface area contributed by atoms with E-state index < -0.39 is 0 Å². The molecule has 142 valence electrons. The average Bonchev–Trinajstić information content (AvgIpc) is 2.94. The average molecular weight is 400 g/mol. The van der Waals surface area contributed by atoms with Crippen molar-refractivity contribution in [3.63, 3.8) is 0 Å². The molecule has 7 heteroatoms. The SMILES string of the molecule is Cc1cccc(Nc2nn(CN(C)Cc3ccc(N(C)C)cc3)c(=S)s2)c1. The molecule has 1 heterocycles. The summed E-state index contributed by atoms with van der Waals surface area (Å²) in [5.74, 6) is 0. The fraction of sp³-hybridized carbons (Fsp3) is 0.300. The molecule has 0 saturated heterocycles. The molecule has 0 bridgehead atoms. The van der Waals surface area contributed by atoms with Crippen molar-refractivity contribution in [3.8, 4) is 0 Å². The minimum Gasteiger partial charge on any atom is -0.378 e. The first-order valence-corrected chi connectivity index (χ1v) is 9.99. The summed E-state index contributed by atoms with van der Waals surface area (Å²) in [6, 6.07) is 16.8. The zero-order valence-electron chi connectivity index (χ0n) is 16.1. The standard InChI is InChI=1S/C20H25N5S2/c1-15-6-5-7-17(12-15)21-19-22-25(20(26)27-19)14-24(4)13-16-8-10-18(11-9-16)23(2)3/h5-12H,13-14H2,1-4H3,(H,21,22). The maximum absolute atomic E-state index is 5.49. The van der Waals surface area contributed by atoms with Crippen LogP contribution in [0.3, 0.4) is 0 Å². The molecule has 27 heavy (non-hydrogen) atoms. The molecule has 0 atom stereocenters. The predicted octanol–water partition coefficient (Wildman–Crippen LogP) is 4.88. The molecule has 0 spiro atoms. The number of rotatable bonds is 7. The number of hydrogen-bond donors (Lipinski definition) is 1. The number of nitrogens with one attached hydrogen (secondary N) is 1. The van der Waals surface area contributed by atoms with Crippen LogP contribution in [0.1, 0.15) is 11.1 Å². The van der Waals surface area contributed by atoms with E-state index in [9.17, 15) is 0 Å². The van der Waals surface area contributed by atoms with Gasteiger partial charge in [0.05, 0.1) is 6.67 Å². The Morgan fingerprint density at radius 1 is 1.11 bits per heavy atom. The largest absolute Gasteiger partial charge is 0.378 e. The molecule has 0 saturated carbocycles. The summed E-state index contributed by atoms with van der Waals surface area (Å²) in [6.45, 7) is 3.57. The Morgan fingerprint density at radius 3 is 2.52 bits per heavy atom. The van der Waals surface area contributed by atoms with E-state index in [-0.39, 0.29) is 0 Å². The molecule has 1 aromatic heterocycles. The number of anilines is 3. The van der Waals surface area contributed by atoms with Gasteiger partial charge >= 0.3 is 0 Å². The third-order valence-corrected chi connectivity index (χ3v) is 5.38. The predicted molar refractivity (Wildman–Crippen MR) is 118 cm³/mol. The molecule has 3 aromatic rings. The van der Waals surface area contributed by atoms with E-state index in [1.807, 2.05) is 30.9 Å². The normalized spacial score (nSPS) is 11.0. The molecule has 0 amide bonds. The Hall–Kier alpha value is -2.22. The van der Waals surface area contributed by atoms with Gasteiger partial charge < -0.3 is 10.2 Å². The van der Waals surface area contributed by atoms with Gasteiger partial charge in [-0.3, -0.25) is 4.90 Å². The lowest BCUT2D eigenvalue weighted by Gasteiger charge is -2.18. The number of aromatic nitrogens is 2. The van der Waals surface area contributed by atoms with Crippen molar-refractivity contribution >= 4 is 40.1 Å². The fourth-order valence-corrected chi connectivity index (χ4v) is 3.80. The molecule has 1 N–H and O–H groups in total. The van der Waals surface area contributed by atoms with E-state index >= 15 is 0 Å². The highest BCUT2D eigenvalue weighted by atomic mass is 32.1. The van der Waals surface area contributed by atoms with Gasteiger partial charge in [-0.1, -0.05) is 35.6 Å². The van der Waals surface area contributed by atoms with Crippen molar-refractivity contribution in [1.82, 2.24) is 14.7 Å². The minimum absolute atomic E-state index is 0.653. The van der Waals surface area contributed by atoms with Gasteiger partial charge in [0.2, 0.25) is 5.13 Å². The maximum atomic E-state index is 5.49. The van der Waals surface area contributed by atoms with Crippen LogP contribution < -0.4 is 10.2 Å². The van der Waals surface area contributed by atoms with Crippen molar-refractivity contribution in [3.05, 3.63) is 63.6 Å². The van der Waals surface area contributed by atoms with Crippen molar-refractivity contribution in [1.29, 1.82) is 0 Å². The Labute approximate surface area is 169 Å². The van der Waals surface area contributed by atoms with Crippen molar-refractivity contribution in [2.75, 3.05) is 31.4 Å². The van der Waals surface area contributed by atoms with Crippen LogP contribution in [0.15, 0.2) is 48.5 Å². The molecule has 0 aliphatic rings. The van der Waals surface area contributed by atoms with Crippen molar-refractivity contribution < 1.29 is 0 Å². The van der Waals surface area contributed by atoms with E-state index in [4.69, 9.17) is 12.2 Å². The van der Waals surface area contributed by atoms with Crippen molar-refractivity contribution in [2.24, 2.45) is 0 Å². The number of nitrogens with zero attached hydrogens (tertiary/aromatic N) is 4. The first kappa shape index (κ1) is 19.5. The summed E-state index contributed by atoms with van der Waals surface area (Å²) in [7, 11) is 6.18. The van der Waals surface area contributed by atoms with Gasteiger partial charge in [-0.15, -0.1) is 5.10 Å². The molecular formula is C20H25N5S2. The lowest BCUT2D eigenvalue weighted by Crippen LogP contribution is -2.22. The Balaban J connectivity index is 1.63. The minimum atomic E-state index is 0.653. The van der Waals surface area contributed by atoms with Gasteiger partial charge in [-0.05, 0) is 61.6 Å². The van der Waals surface area contributed by atoms with Gasteiger partial charge in [-0.25, -0.2) is 4.68 Å². The smallest absolute Gasteiger partial charge is 0.209 e. The molecular weight excluding hydrogens is 374 g/mol. The highest BCUT2D eigenvalue weighted by Crippen LogP contribution is 2.21. The molecule has 3 rings (SSSR count). The van der Waals surface area contributed by atoms with E-state index in [0.717, 1.165) is 21.3 Å². The Kier molecular flexibility index (Phi) is 6.26. The third kappa shape index (κ3) is 5.38. The summed E-state index contributed by atoms with van der Waals surface area (Å²) >= 11 is 6.98. The second kappa shape index (κ2) is 8.65. The van der Waals surface area contributed by atoms with E-state index in [0.29, 0.717) is 6.67 Å². The van der Waals surface area contributed by atoms with Crippen LogP contribution in [-0.2, 0) is 13.2 Å². The van der Waals surface area contributed by atoms with Crippen LogP contribution in [0.25, 0.3) is 0 Å². The third-order valence-electron chi connectivity index (χ3n) is 4.16. The number of hydrogen-bond acceptors (Lipinski definition) is 6. The summed E-state index contributed by atoms with van der Waals surface area (Å²) < 4.78 is 2.63. The second-order valence-electron chi connectivity index (χ2n) is 6.88. The highest BCUT2D eigenvalue weighted by Gasteiger charge is 2.08. The molecule has 0 aliphatic carbocycles. The highest BCUT2D eigenvalue weighted by molar-refractivity contribution is 7.73. The van der Waals surface area contributed by atoms with E-state index in [2.05, 4.69) is 70.6 Å². The maximum Gasteiger partial charge on any atom is 0.209 e. The number of aryl methyl sites for hydroxylation is 1. The van der Waals surface area contributed by atoms with Crippen LogP contribution >= 0.6 is 23.6 Å². The molecule has 0 radical (unpaired) electrons. The van der Waals surface area contributed by atoms with Gasteiger partial charge in [0.15, 0.2) is 3.95 Å². The van der Waals surface area contributed by atoms with Crippen molar-refractivity contribution in [2.45, 2.75) is 20.1 Å².